The molecular weight excluding hydrogens is 171 g/mol. The van der Waals surface area contributed by atoms with Crippen molar-refractivity contribution in [1.29, 1.82) is 0 Å². The molecule has 1 heterocycles. The molecule has 0 spiro atoms. The topological polar surface area (TPSA) is 42.0 Å². The van der Waals surface area contributed by atoms with Crippen LogP contribution < -0.4 is 5.32 Å². The number of aromatic nitrogens is 1. The molecular formula is C9H11FN2O. The van der Waals surface area contributed by atoms with Crippen LogP contribution in [0.2, 0.25) is 0 Å². The van der Waals surface area contributed by atoms with E-state index in [0.717, 1.165) is 11.8 Å². The van der Waals surface area contributed by atoms with Crippen LogP contribution in [0.1, 0.15) is 18.1 Å². The average Bonchev–Trinajstić information content (AvgIpc) is 2.03. The molecule has 0 aliphatic rings. The lowest BCUT2D eigenvalue weighted by molar-refractivity contribution is -0.119. The van der Waals surface area contributed by atoms with Crippen LogP contribution in [0.5, 0.6) is 0 Å². The van der Waals surface area contributed by atoms with Crippen LogP contribution in [0.15, 0.2) is 12.4 Å². The third-order valence-electron chi connectivity index (χ3n) is 1.73. The van der Waals surface area contributed by atoms with Crippen LogP contribution in [-0.4, -0.2) is 10.9 Å². The molecule has 0 aliphatic carbocycles. The molecule has 0 atom stereocenters. The van der Waals surface area contributed by atoms with Gasteiger partial charge in [0.2, 0.25) is 5.91 Å². The van der Waals surface area contributed by atoms with Crippen LogP contribution >= 0.6 is 0 Å². The Morgan fingerprint density at radius 1 is 1.62 bits per heavy atom. The molecule has 4 heteroatoms. The summed E-state index contributed by atoms with van der Waals surface area (Å²) in [5.41, 5.74) is 1.24. The average molecular weight is 182 g/mol. The third-order valence-corrected chi connectivity index (χ3v) is 1.73. The van der Waals surface area contributed by atoms with Crippen LogP contribution in [-0.2, 0) is 11.3 Å². The van der Waals surface area contributed by atoms with E-state index in [1.807, 2.05) is 0 Å². The fourth-order valence-corrected chi connectivity index (χ4v) is 0.995. The van der Waals surface area contributed by atoms with Gasteiger partial charge in [-0.25, -0.2) is 4.39 Å². The zero-order valence-electron chi connectivity index (χ0n) is 7.60. The number of carbonyl (C=O) groups excluding carboxylic acids is 1. The van der Waals surface area contributed by atoms with Crippen molar-refractivity contribution in [2.75, 3.05) is 0 Å². The number of nitrogens with zero attached hydrogens (tertiary/aromatic N) is 1. The molecule has 13 heavy (non-hydrogen) atoms. The summed E-state index contributed by atoms with van der Waals surface area (Å²) < 4.78 is 13.1. The van der Waals surface area contributed by atoms with E-state index in [4.69, 9.17) is 0 Å². The summed E-state index contributed by atoms with van der Waals surface area (Å²) in [4.78, 5) is 14.3. The molecule has 0 radical (unpaired) electrons. The summed E-state index contributed by atoms with van der Waals surface area (Å²) in [7, 11) is 0. The predicted octanol–water partition coefficient (Wildman–Crippen LogP) is 1.17. The first-order valence-corrected chi connectivity index (χ1v) is 3.94. The van der Waals surface area contributed by atoms with E-state index in [-0.39, 0.29) is 18.3 Å². The Hall–Kier alpha value is -1.45. The summed E-state index contributed by atoms with van der Waals surface area (Å²) in [5.74, 6) is -0.552. The number of aryl methyl sites for hydroxylation is 1. The zero-order chi connectivity index (χ0) is 9.84. The van der Waals surface area contributed by atoms with Gasteiger partial charge in [-0.2, -0.15) is 0 Å². The van der Waals surface area contributed by atoms with E-state index >= 15 is 0 Å². The third kappa shape index (κ3) is 2.50. The molecule has 1 aromatic rings. The summed E-state index contributed by atoms with van der Waals surface area (Å²) in [5, 5.41) is 2.54. The molecule has 0 saturated heterocycles. The maximum absolute atomic E-state index is 13.1. The lowest BCUT2D eigenvalue weighted by Crippen LogP contribution is -2.20. The molecule has 0 aliphatic heterocycles. The van der Waals surface area contributed by atoms with Crippen LogP contribution in [0.4, 0.5) is 4.39 Å². The highest BCUT2D eigenvalue weighted by Gasteiger charge is 2.05. The molecule has 0 aromatic carbocycles. The van der Waals surface area contributed by atoms with Gasteiger partial charge in [-0.3, -0.25) is 9.78 Å². The molecule has 70 valence electrons. The summed E-state index contributed by atoms with van der Waals surface area (Å²) in [6, 6.07) is 0. The lowest BCUT2D eigenvalue weighted by atomic mass is 10.1. The molecule has 1 amide bonds. The first-order valence-electron chi connectivity index (χ1n) is 3.94. The van der Waals surface area contributed by atoms with E-state index in [2.05, 4.69) is 10.3 Å². The van der Waals surface area contributed by atoms with E-state index in [1.165, 1.54) is 6.92 Å². The number of nitrogens with one attached hydrogen (secondary N) is 1. The van der Waals surface area contributed by atoms with Crippen molar-refractivity contribution in [3.8, 4) is 0 Å². The van der Waals surface area contributed by atoms with Crippen molar-refractivity contribution in [3.05, 3.63) is 29.3 Å². The van der Waals surface area contributed by atoms with E-state index < -0.39 is 0 Å². The number of hydrogen-bond acceptors (Lipinski definition) is 2. The van der Waals surface area contributed by atoms with Gasteiger partial charge >= 0.3 is 0 Å². The fraction of sp³-hybridized carbons (Fsp3) is 0.333. The van der Waals surface area contributed by atoms with Gasteiger partial charge in [0, 0.05) is 25.2 Å². The van der Waals surface area contributed by atoms with Gasteiger partial charge < -0.3 is 5.32 Å². The molecule has 0 bridgehead atoms. The predicted molar refractivity (Wildman–Crippen MR) is 46.5 cm³/mol. The van der Waals surface area contributed by atoms with Crippen LogP contribution in [0.3, 0.4) is 0 Å². The second-order valence-electron chi connectivity index (χ2n) is 2.83. The minimum Gasteiger partial charge on any atom is -0.352 e. The Bertz CT molecular complexity index is 305. The minimum absolute atomic E-state index is 0.171. The number of halogens is 1. The van der Waals surface area contributed by atoms with Gasteiger partial charge in [0.05, 0.1) is 6.20 Å². The molecule has 0 unspecified atom stereocenters. The second-order valence-corrected chi connectivity index (χ2v) is 2.83. The Balaban J connectivity index is 2.81. The van der Waals surface area contributed by atoms with Crippen molar-refractivity contribution < 1.29 is 9.18 Å². The molecule has 1 aromatic heterocycles. The Morgan fingerprint density at radius 2 is 2.31 bits per heavy atom. The standard InChI is InChI=1S/C9H11FN2O/c1-6-3-11-5-9(10)8(6)4-12-7(2)13/h3,5H,4H2,1-2H3,(H,12,13). The Morgan fingerprint density at radius 3 is 2.85 bits per heavy atom. The number of amides is 1. The monoisotopic (exact) mass is 182 g/mol. The van der Waals surface area contributed by atoms with E-state index in [1.54, 1.807) is 13.1 Å². The van der Waals surface area contributed by atoms with Crippen LogP contribution in [0.25, 0.3) is 0 Å². The molecule has 0 saturated carbocycles. The van der Waals surface area contributed by atoms with E-state index in [9.17, 15) is 9.18 Å². The first kappa shape index (κ1) is 9.64. The molecule has 0 fully saturated rings. The number of rotatable bonds is 2. The highest BCUT2D eigenvalue weighted by atomic mass is 19.1. The molecule has 3 nitrogen and oxygen atoms in total. The van der Waals surface area contributed by atoms with Crippen molar-refractivity contribution in [3.63, 3.8) is 0 Å². The van der Waals surface area contributed by atoms with Crippen molar-refractivity contribution >= 4 is 5.91 Å². The van der Waals surface area contributed by atoms with Gasteiger partial charge in [0.1, 0.15) is 5.82 Å². The quantitative estimate of drug-likeness (QED) is 0.745. The maximum atomic E-state index is 13.1. The number of hydrogen-bond donors (Lipinski definition) is 1. The Labute approximate surface area is 76.0 Å². The van der Waals surface area contributed by atoms with Gasteiger partial charge in [-0.05, 0) is 12.5 Å². The van der Waals surface area contributed by atoms with Gasteiger partial charge in [0.25, 0.3) is 0 Å². The zero-order valence-corrected chi connectivity index (χ0v) is 7.60. The van der Waals surface area contributed by atoms with Crippen LogP contribution in [0, 0.1) is 12.7 Å². The lowest BCUT2D eigenvalue weighted by Gasteiger charge is -2.06. The highest BCUT2D eigenvalue weighted by molar-refractivity contribution is 5.72. The number of carbonyl (C=O) groups is 1. The van der Waals surface area contributed by atoms with Gasteiger partial charge in [-0.1, -0.05) is 0 Å². The SMILES string of the molecule is CC(=O)NCc1c(C)cncc1F. The smallest absolute Gasteiger partial charge is 0.217 e. The normalized spacial score (nSPS) is 9.77. The van der Waals surface area contributed by atoms with Crippen molar-refractivity contribution in [1.82, 2.24) is 10.3 Å². The molecule has 1 rings (SSSR count). The van der Waals surface area contributed by atoms with Gasteiger partial charge in [-0.15, -0.1) is 0 Å². The highest BCUT2D eigenvalue weighted by Crippen LogP contribution is 2.09. The first-order chi connectivity index (χ1) is 6.11. The van der Waals surface area contributed by atoms with Gasteiger partial charge in [0.15, 0.2) is 0 Å². The fourth-order valence-electron chi connectivity index (χ4n) is 0.995. The molecule has 1 N–H and O–H groups in total. The summed E-state index contributed by atoms with van der Waals surface area (Å²) in [6.07, 6.45) is 2.71. The largest absolute Gasteiger partial charge is 0.352 e. The van der Waals surface area contributed by atoms with E-state index in [0.29, 0.717) is 5.56 Å². The summed E-state index contributed by atoms with van der Waals surface area (Å²) >= 11 is 0. The van der Waals surface area contributed by atoms with Crippen molar-refractivity contribution in [2.45, 2.75) is 20.4 Å². The number of pyridine rings is 1. The Kier molecular flexibility index (Phi) is 2.95. The maximum Gasteiger partial charge on any atom is 0.217 e. The van der Waals surface area contributed by atoms with Crippen molar-refractivity contribution in [2.24, 2.45) is 0 Å². The summed E-state index contributed by atoms with van der Waals surface area (Å²) in [6.45, 7) is 3.37. The second kappa shape index (κ2) is 3.98. The minimum atomic E-state index is -0.381.